The molecule has 0 aromatic rings. The molecule has 1 aliphatic heterocycles. The smallest absolute Gasteiger partial charge is 0.223 e. The van der Waals surface area contributed by atoms with Gasteiger partial charge in [-0.3, -0.25) is 4.79 Å². The summed E-state index contributed by atoms with van der Waals surface area (Å²) in [7, 11) is 0. The van der Waals surface area contributed by atoms with E-state index in [1.807, 2.05) is 0 Å². The average Bonchev–Trinajstić information content (AvgIpc) is 2.36. The van der Waals surface area contributed by atoms with Gasteiger partial charge in [-0.05, 0) is 12.2 Å². The first-order chi connectivity index (χ1) is 5.24. The van der Waals surface area contributed by atoms with E-state index in [1.165, 1.54) is 0 Å². The highest BCUT2D eigenvalue weighted by Gasteiger charge is 2.23. The Morgan fingerprint density at radius 1 is 1.73 bits per heavy atom. The minimum atomic E-state index is -0.307. The van der Waals surface area contributed by atoms with Crippen molar-refractivity contribution in [2.75, 3.05) is 18.8 Å². The minimum absolute atomic E-state index is 0.108. The van der Waals surface area contributed by atoms with E-state index in [1.54, 1.807) is 4.90 Å². The Hall–Kier alpha value is -0.220. The van der Waals surface area contributed by atoms with Crippen LogP contribution in [0.25, 0.3) is 0 Å². The van der Waals surface area contributed by atoms with E-state index in [4.69, 9.17) is 5.11 Å². The second kappa shape index (κ2) is 3.97. The lowest BCUT2D eigenvalue weighted by Gasteiger charge is -2.14. The van der Waals surface area contributed by atoms with Gasteiger partial charge in [0.05, 0.1) is 6.10 Å². The van der Waals surface area contributed by atoms with Crippen LogP contribution in [0.5, 0.6) is 0 Å². The number of likely N-dealkylation sites (tertiary alicyclic amines) is 1. The molecule has 0 aliphatic carbocycles. The van der Waals surface area contributed by atoms with Crippen LogP contribution < -0.4 is 0 Å². The lowest BCUT2D eigenvalue weighted by Crippen LogP contribution is -2.29. The molecule has 3 nitrogen and oxygen atoms in total. The maximum absolute atomic E-state index is 11.2. The van der Waals surface area contributed by atoms with Crippen LogP contribution in [0.1, 0.15) is 12.8 Å². The third-order valence-electron chi connectivity index (χ3n) is 1.84. The van der Waals surface area contributed by atoms with Crippen molar-refractivity contribution >= 4 is 18.5 Å². The fourth-order valence-corrected chi connectivity index (χ4v) is 1.41. The monoisotopic (exact) mass is 175 g/mol. The quantitative estimate of drug-likeness (QED) is 0.575. The van der Waals surface area contributed by atoms with Crippen LogP contribution in [-0.4, -0.2) is 40.9 Å². The van der Waals surface area contributed by atoms with Crippen molar-refractivity contribution in [1.29, 1.82) is 0 Å². The van der Waals surface area contributed by atoms with Crippen LogP contribution in [0.3, 0.4) is 0 Å². The summed E-state index contributed by atoms with van der Waals surface area (Å²) in [5.41, 5.74) is 0. The first-order valence-corrected chi connectivity index (χ1v) is 4.44. The fraction of sp³-hybridized carbons (Fsp3) is 0.857. The second-order valence-corrected chi connectivity index (χ2v) is 3.20. The minimum Gasteiger partial charge on any atom is -0.391 e. The molecule has 1 rings (SSSR count). The lowest BCUT2D eigenvalue weighted by molar-refractivity contribution is -0.130. The molecule has 0 spiro atoms. The van der Waals surface area contributed by atoms with Gasteiger partial charge < -0.3 is 10.0 Å². The van der Waals surface area contributed by atoms with Gasteiger partial charge >= 0.3 is 0 Å². The zero-order valence-corrected chi connectivity index (χ0v) is 7.26. The largest absolute Gasteiger partial charge is 0.391 e. The maximum Gasteiger partial charge on any atom is 0.223 e. The van der Waals surface area contributed by atoms with E-state index in [0.717, 1.165) is 6.42 Å². The fourth-order valence-electron chi connectivity index (χ4n) is 1.22. The molecule has 64 valence electrons. The molecule has 0 radical (unpaired) electrons. The SMILES string of the molecule is O=C(CCS)N1CCC(O)C1. The molecule has 1 saturated heterocycles. The highest BCUT2D eigenvalue weighted by molar-refractivity contribution is 7.80. The molecular formula is C7H13NO2S. The summed E-state index contributed by atoms with van der Waals surface area (Å²) >= 11 is 3.97. The van der Waals surface area contributed by atoms with Gasteiger partial charge in [-0.1, -0.05) is 0 Å². The third-order valence-corrected chi connectivity index (χ3v) is 2.07. The number of nitrogens with zero attached hydrogens (tertiary/aromatic N) is 1. The number of amides is 1. The first kappa shape index (κ1) is 8.87. The summed E-state index contributed by atoms with van der Waals surface area (Å²) in [5, 5.41) is 9.10. The number of aliphatic hydroxyl groups excluding tert-OH is 1. The van der Waals surface area contributed by atoms with E-state index in [-0.39, 0.29) is 12.0 Å². The van der Waals surface area contributed by atoms with Crippen molar-refractivity contribution in [3.05, 3.63) is 0 Å². The normalized spacial score (nSPS) is 24.2. The Bertz CT molecular complexity index is 151. The Morgan fingerprint density at radius 3 is 2.91 bits per heavy atom. The molecule has 1 amide bonds. The molecule has 1 aliphatic rings. The molecule has 0 bridgehead atoms. The van der Waals surface area contributed by atoms with Crippen molar-refractivity contribution in [3.63, 3.8) is 0 Å². The van der Waals surface area contributed by atoms with E-state index in [0.29, 0.717) is 25.3 Å². The van der Waals surface area contributed by atoms with Crippen molar-refractivity contribution < 1.29 is 9.90 Å². The van der Waals surface area contributed by atoms with Crippen molar-refractivity contribution in [1.82, 2.24) is 4.90 Å². The van der Waals surface area contributed by atoms with Crippen LogP contribution >= 0.6 is 12.6 Å². The van der Waals surface area contributed by atoms with Gasteiger partial charge in [-0.25, -0.2) is 0 Å². The van der Waals surface area contributed by atoms with Crippen LogP contribution in [-0.2, 0) is 4.79 Å². The van der Waals surface area contributed by atoms with Gasteiger partial charge in [-0.2, -0.15) is 12.6 Å². The van der Waals surface area contributed by atoms with Gasteiger partial charge in [0.1, 0.15) is 0 Å². The molecule has 4 heteroatoms. The number of carbonyl (C=O) groups excluding carboxylic acids is 1. The standard InChI is InChI=1S/C7H13NO2S/c9-6-1-3-8(5-6)7(10)2-4-11/h6,9,11H,1-5H2. The second-order valence-electron chi connectivity index (χ2n) is 2.76. The molecule has 0 aromatic heterocycles. The number of carbonyl (C=O) groups is 1. The summed E-state index contributed by atoms with van der Waals surface area (Å²) in [6.45, 7) is 1.21. The van der Waals surface area contributed by atoms with E-state index >= 15 is 0 Å². The molecule has 0 saturated carbocycles. The molecule has 11 heavy (non-hydrogen) atoms. The van der Waals surface area contributed by atoms with Crippen LogP contribution in [0, 0.1) is 0 Å². The molecule has 0 aromatic carbocycles. The van der Waals surface area contributed by atoms with Gasteiger partial charge in [0.15, 0.2) is 0 Å². The number of thiol groups is 1. The van der Waals surface area contributed by atoms with Crippen molar-refractivity contribution in [2.24, 2.45) is 0 Å². The Balaban J connectivity index is 2.31. The van der Waals surface area contributed by atoms with E-state index in [2.05, 4.69) is 12.6 Å². The molecular weight excluding hydrogens is 162 g/mol. The Kier molecular flexibility index (Phi) is 3.20. The molecule has 1 fully saturated rings. The molecule has 1 unspecified atom stereocenters. The topological polar surface area (TPSA) is 40.5 Å². The number of β-amino-alcohol motifs (C(OH)–C–C–N with tert-alkyl or cyclic N) is 1. The van der Waals surface area contributed by atoms with Crippen LogP contribution in [0.4, 0.5) is 0 Å². The first-order valence-electron chi connectivity index (χ1n) is 3.80. The summed E-state index contributed by atoms with van der Waals surface area (Å²) in [6, 6.07) is 0. The summed E-state index contributed by atoms with van der Waals surface area (Å²) in [4.78, 5) is 12.9. The summed E-state index contributed by atoms with van der Waals surface area (Å²) in [5.74, 6) is 0.697. The van der Waals surface area contributed by atoms with Crippen molar-refractivity contribution in [3.8, 4) is 0 Å². The van der Waals surface area contributed by atoms with E-state index in [9.17, 15) is 4.79 Å². The number of hydrogen-bond donors (Lipinski definition) is 2. The van der Waals surface area contributed by atoms with Crippen LogP contribution in [0.15, 0.2) is 0 Å². The lowest BCUT2D eigenvalue weighted by atomic mass is 10.3. The number of aliphatic hydroxyl groups is 1. The Morgan fingerprint density at radius 2 is 2.45 bits per heavy atom. The Labute approximate surface area is 71.8 Å². The zero-order chi connectivity index (χ0) is 8.27. The predicted molar refractivity (Wildman–Crippen MR) is 45.7 cm³/mol. The van der Waals surface area contributed by atoms with Crippen molar-refractivity contribution in [2.45, 2.75) is 18.9 Å². The highest BCUT2D eigenvalue weighted by atomic mass is 32.1. The van der Waals surface area contributed by atoms with Gasteiger partial charge in [0.25, 0.3) is 0 Å². The number of rotatable bonds is 2. The highest BCUT2D eigenvalue weighted by Crippen LogP contribution is 2.09. The number of hydrogen-bond acceptors (Lipinski definition) is 3. The van der Waals surface area contributed by atoms with Gasteiger partial charge in [-0.15, -0.1) is 0 Å². The summed E-state index contributed by atoms with van der Waals surface area (Å²) < 4.78 is 0. The van der Waals surface area contributed by atoms with Gasteiger partial charge in [0.2, 0.25) is 5.91 Å². The summed E-state index contributed by atoms with van der Waals surface area (Å²) in [6.07, 6.45) is 0.896. The predicted octanol–water partition coefficient (Wildman–Crippen LogP) is -0.100. The zero-order valence-electron chi connectivity index (χ0n) is 6.36. The molecule has 1 heterocycles. The van der Waals surface area contributed by atoms with Gasteiger partial charge in [0, 0.05) is 19.5 Å². The maximum atomic E-state index is 11.2. The molecule has 1 atom stereocenters. The van der Waals surface area contributed by atoms with Crippen LogP contribution in [0.2, 0.25) is 0 Å². The average molecular weight is 175 g/mol. The molecule has 1 N–H and O–H groups in total. The van der Waals surface area contributed by atoms with E-state index < -0.39 is 0 Å². The third kappa shape index (κ3) is 2.38.